The first kappa shape index (κ1) is 17.2. The molecule has 4 rings (SSSR count). The third-order valence-corrected chi connectivity index (χ3v) is 5.26. The molecule has 0 N–H and O–H groups in total. The van der Waals surface area contributed by atoms with E-state index < -0.39 is 9.84 Å². The smallest absolute Gasteiger partial charge is 0.306 e. The van der Waals surface area contributed by atoms with Gasteiger partial charge < -0.3 is 4.42 Å². The third kappa shape index (κ3) is 2.76. The first-order chi connectivity index (χ1) is 12.9. The van der Waals surface area contributed by atoms with Crippen LogP contribution in [0.25, 0.3) is 22.7 Å². The standard InChI is InChI=1S/C18H17N5O3S/c1-4-5-13(19-2)16-17(22-8-9-26-18(22)21-16)12-6-7-14-20-10-15(23(14)11-12)27(3,24)25/h4-11H,1-3H3/b5-4-,19-13?. The Bertz CT molecular complexity index is 1320. The molecule has 0 amide bonds. The van der Waals surface area contributed by atoms with Gasteiger partial charge in [0, 0.05) is 31.3 Å². The van der Waals surface area contributed by atoms with Crippen molar-refractivity contribution in [3.63, 3.8) is 0 Å². The van der Waals surface area contributed by atoms with E-state index in [2.05, 4.69) is 15.0 Å². The maximum Gasteiger partial charge on any atom is 0.306 e. The summed E-state index contributed by atoms with van der Waals surface area (Å²) in [5.74, 6) is 0.430. The van der Waals surface area contributed by atoms with E-state index in [1.807, 2.05) is 29.5 Å². The van der Waals surface area contributed by atoms with Crippen LogP contribution in [-0.4, -0.2) is 46.2 Å². The number of oxazole rings is 1. The Labute approximate surface area is 155 Å². The van der Waals surface area contributed by atoms with Gasteiger partial charge in [0.15, 0.2) is 14.9 Å². The number of sulfone groups is 1. The Kier molecular flexibility index (Phi) is 3.96. The fraction of sp³-hybridized carbons (Fsp3) is 0.167. The topological polar surface area (TPSA) is 94.2 Å². The summed E-state index contributed by atoms with van der Waals surface area (Å²) >= 11 is 0. The van der Waals surface area contributed by atoms with Crippen LogP contribution in [0.4, 0.5) is 0 Å². The number of hydrogen-bond donors (Lipinski definition) is 0. The number of aliphatic imine (C=N–C) groups is 1. The Balaban J connectivity index is 2.03. The van der Waals surface area contributed by atoms with Crippen molar-refractivity contribution >= 4 is 27.0 Å². The normalized spacial score (nSPS) is 13.4. The molecule has 0 unspecified atom stereocenters. The second-order valence-corrected chi connectivity index (χ2v) is 7.95. The van der Waals surface area contributed by atoms with E-state index >= 15 is 0 Å². The number of rotatable bonds is 4. The zero-order valence-corrected chi connectivity index (χ0v) is 15.8. The van der Waals surface area contributed by atoms with Gasteiger partial charge in [-0.2, -0.15) is 4.98 Å². The van der Waals surface area contributed by atoms with Crippen LogP contribution < -0.4 is 0 Å². The van der Waals surface area contributed by atoms with Gasteiger partial charge in [0.25, 0.3) is 0 Å². The number of pyridine rings is 1. The van der Waals surface area contributed by atoms with Crippen LogP contribution in [0.1, 0.15) is 12.6 Å². The lowest BCUT2D eigenvalue weighted by atomic mass is 10.1. The van der Waals surface area contributed by atoms with Gasteiger partial charge in [-0.25, -0.2) is 13.4 Å². The van der Waals surface area contributed by atoms with Crippen LogP contribution >= 0.6 is 0 Å². The number of allylic oxidation sites excluding steroid dienone is 2. The predicted octanol–water partition coefficient (Wildman–Crippen LogP) is 2.64. The van der Waals surface area contributed by atoms with Gasteiger partial charge in [0.1, 0.15) is 17.6 Å². The van der Waals surface area contributed by atoms with Gasteiger partial charge in [-0.15, -0.1) is 0 Å². The summed E-state index contributed by atoms with van der Waals surface area (Å²) in [4.78, 5) is 13.0. The number of nitrogens with zero attached hydrogens (tertiary/aromatic N) is 5. The maximum atomic E-state index is 12.1. The second kappa shape index (κ2) is 6.20. The van der Waals surface area contributed by atoms with Crippen molar-refractivity contribution < 1.29 is 12.8 Å². The van der Waals surface area contributed by atoms with Gasteiger partial charge in [0.2, 0.25) is 0 Å². The highest BCUT2D eigenvalue weighted by Crippen LogP contribution is 2.28. The largest absolute Gasteiger partial charge is 0.432 e. The Morgan fingerprint density at radius 1 is 1.30 bits per heavy atom. The van der Waals surface area contributed by atoms with Crippen LogP contribution in [0.5, 0.6) is 0 Å². The minimum absolute atomic E-state index is 0.131. The average Bonchev–Trinajstić information content (AvgIpc) is 3.31. The maximum absolute atomic E-state index is 12.1. The summed E-state index contributed by atoms with van der Waals surface area (Å²) < 4.78 is 32.9. The van der Waals surface area contributed by atoms with Crippen LogP contribution in [0.3, 0.4) is 0 Å². The van der Waals surface area contributed by atoms with Crippen molar-refractivity contribution in [1.29, 1.82) is 0 Å². The SMILES string of the molecule is C/C=C\C(=NC)c1nc2occn2c1-c1ccc2ncc(S(C)(=O)=O)n2c1. The highest BCUT2D eigenvalue weighted by Gasteiger charge is 2.21. The van der Waals surface area contributed by atoms with Crippen molar-refractivity contribution in [3.8, 4) is 11.3 Å². The molecule has 0 aliphatic carbocycles. The molecule has 0 bridgehead atoms. The predicted molar refractivity (Wildman–Crippen MR) is 102 cm³/mol. The Hall–Kier alpha value is -3.20. The van der Waals surface area contributed by atoms with E-state index in [4.69, 9.17) is 4.42 Å². The van der Waals surface area contributed by atoms with Gasteiger partial charge in [-0.3, -0.25) is 13.8 Å². The van der Waals surface area contributed by atoms with E-state index in [0.717, 1.165) is 17.5 Å². The Morgan fingerprint density at radius 2 is 2.11 bits per heavy atom. The zero-order chi connectivity index (χ0) is 19.2. The average molecular weight is 383 g/mol. The van der Waals surface area contributed by atoms with Crippen LogP contribution in [0, 0.1) is 0 Å². The van der Waals surface area contributed by atoms with E-state index in [0.29, 0.717) is 22.9 Å². The van der Waals surface area contributed by atoms with Crippen molar-refractivity contribution in [2.75, 3.05) is 13.3 Å². The molecule has 0 saturated heterocycles. The Morgan fingerprint density at radius 3 is 2.81 bits per heavy atom. The molecule has 9 heteroatoms. The number of aromatic nitrogens is 4. The van der Waals surface area contributed by atoms with E-state index in [1.54, 1.807) is 36.2 Å². The van der Waals surface area contributed by atoms with E-state index in [-0.39, 0.29) is 5.03 Å². The van der Waals surface area contributed by atoms with Crippen LogP contribution in [-0.2, 0) is 9.84 Å². The lowest BCUT2D eigenvalue weighted by Gasteiger charge is -2.06. The molecule has 4 aromatic heterocycles. The number of imidazole rings is 2. The first-order valence-corrected chi connectivity index (χ1v) is 10.1. The molecule has 0 spiro atoms. The molecule has 8 nitrogen and oxygen atoms in total. The zero-order valence-electron chi connectivity index (χ0n) is 15.0. The summed E-state index contributed by atoms with van der Waals surface area (Å²) in [6.07, 6.45) is 11.3. The van der Waals surface area contributed by atoms with Gasteiger partial charge in [0.05, 0.1) is 17.6 Å². The number of hydrogen-bond acceptors (Lipinski definition) is 6. The summed E-state index contributed by atoms with van der Waals surface area (Å²) in [6.45, 7) is 1.90. The summed E-state index contributed by atoms with van der Waals surface area (Å²) in [5.41, 5.74) is 3.41. The van der Waals surface area contributed by atoms with E-state index in [1.165, 1.54) is 6.20 Å². The molecule has 0 aromatic carbocycles. The second-order valence-electron chi connectivity index (χ2n) is 5.99. The van der Waals surface area contributed by atoms with Crippen molar-refractivity contribution in [3.05, 3.63) is 54.8 Å². The molecule has 27 heavy (non-hydrogen) atoms. The molecule has 0 aliphatic heterocycles. The molecule has 138 valence electrons. The summed E-state index contributed by atoms with van der Waals surface area (Å²) in [6, 6.07) is 3.64. The van der Waals surface area contributed by atoms with Crippen molar-refractivity contribution in [2.45, 2.75) is 11.9 Å². The molecule has 4 aromatic rings. The van der Waals surface area contributed by atoms with E-state index in [9.17, 15) is 8.42 Å². The van der Waals surface area contributed by atoms with Crippen molar-refractivity contribution in [1.82, 2.24) is 18.8 Å². The van der Waals surface area contributed by atoms with Crippen molar-refractivity contribution in [2.24, 2.45) is 4.99 Å². The van der Waals surface area contributed by atoms with Gasteiger partial charge in [-0.05, 0) is 25.1 Å². The molecule has 0 fully saturated rings. The molecule has 4 heterocycles. The fourth-order valence-corrected chi connectivity index (χ4v) is 3.78. The molecule has 0 aliphatic rings. The molecular weight excluding hydrogens is 366 g/mol. The number of fused-ring (bicyclic) bond motifs is 2. The van der Waals surface area contributed by atoms with Gasteiger partial charge in [-0.1, -0.05) is 6.08 Å². The fourth-order valence-electron chi connectivity index (χ4n) is 3.03. The van der Waals surface area contributed by atoms with Gasteiger partial charge >= 0.3 is 5.84 Å². The summed E-state index contributed by atoms with van der Waals surface area (Å²) in [7, 11) is -1.72. The van der Waals surface area contributed by atoms with Crippen LogP contribution in [0.15, 0.2) is 63.6 Å². The molecule has 0 saturated carbocycles. The monoisotopic (exact) mass is 383 g/mol. The highest BCUT2D eigenvalue weighted by atomic mass is 32.2. The molecule has 0 radical (unpaired) electrons. The first-order valence-electron chi connectivity index (χ1n) is 8.17. The molecule has 0 atom stereocenters. The minimum Gasteiger partial charge on any atom is -0.432 e. The van der Waals surface area contributed by atoms with Crippen LogP contribution in [0.2, 0.25) is 0 Å². The lowest BCUT2D eigenvalue weighted by molar-refractivity contribution is 0.595. The molecular formula is C18H17N5O3S. The quantitative estimate of drug-likeness (QED) is 0.505. The highest BCUT2D eigenvalue weighted by molar-refractivity contribution is 7.90. The minimum atomic E-state index is -3.42. The lowest BCUT2D eigenvalue weighted by Crippen LogP contribution is -2.04. The third-order valence-electron chi connectivity index (χ3n) is 4.20. The summed E-state index contributed by atoms with van der Waals surface area (Å²) in [5, 5.41) is 0.131.